The summed E-state index contributed by atoms with van der Waals surface area (Å²) in [5.41, 5.74) is 0. The summed E-state index contributed by atoms with van der Waals surface area (Å²) < 4.78 is 25.6. The highest BCUT2D eigenvalue weighted by Gasteiger charge is 2.08. The monoisotopic (exact) mass is 260 g/mol. The van der Waals surface area contributed by atoms with Crippen molar-refractivity contribution in [3.63, 3.8) is 0 Å². The van der Waals surface area contributed by atoms with Gasteiger partial charge in [-0.1, -0.05) is 32.6 Å². The molecule has 0 rings (SSSR count). The van der Waals surface area contributed by atoms with E-state index in [4.69, 9.17) is 5.26 Å². The van der Waals surface area contributed by atoms with E-state index in [1.165, 1.54) is 0 Å². The molecule has 0 fully saturated rings. The van der Waals surface area contributed by atoms with Crippen LogP contribution in [0.15, 0.2) is 0 Å². The van der Waals surface area contributed by atoms with Crippen molar-refractivity contribution < 1.29 is 8.42 Å². The minimum atomic E-state index is -3.07. The van der Waals surface area contributed by atoms with Crippen molar-refractivity contribution in [2.75, 3.05) is 12.3 Å². The third kappa shape index (κ3) is 11.7. The van der Waals surface area contributed by atoms with E-state index in [1.54, 1.807) is 0 Å². The van der Waals surface area contributed by atoms with Crippen LogP contribution in [-0.2, 0) is 10.0 Å². The van der Waals surface area contributed by atoms with Crippen LogP contribution in [0.4, 0.5) is 0 Å². The van der Waals surface area contributed by atoms with Gasteiger partial charge in [-0.15, -0.1) is 0 Å². The molecule has 0 atom stereocenters. The predicted molar refractivity (Wildman–Crippen MR) is 70.0 cm³/mol. The Morgan fingerprint density at radius 3 is 2.41 bits per heavy atom. The van der Waals surface area contributed by atoms with Crippen LogP contribution in [0.1, 0.15) is 58.3 Å². The average Bonchev–Trinajstić information content (AvgIpc) is 2.29. The second-order valence-corrected chi connectivity index (χ2v) is 6.17. The lowest BCUT2D eigenvalue weighted by Crippen LogP contribution is -2.27. The van der Waals surface area contributed by atoms with E-state index in [1.807, 2.05) is 0 Å². The molecule has 4 nitrogen and oxygen atoms in total. The van der Waals surface area contributed by atoms with Gasteiger partial charge in [-0.25, -0.2) is 13.1 Å². The van der Waals surface area contributed by atoms with E-state index in [0.29, 0.717) is 13.0 Å². The van der Waals surface area contributed by atoms with Gasteiger partial charge in [-0.05, 0) is 19.3 Å². The molecule has 1 N–H and O–H groups in total. The van der Waals surface area contributed by atoms with E-state index >= 15 is 0 Å². The average molecular weight is 260 g/mol. The van der Waals surface area contributed by atoms with Crippen molar-refractivity contribution in [1.82, 2.24) is 4.72 Å². The van der Waals surface area contributed by atoms with Gasteiger partial charge in [-0.2, -0.15) is 5.26 Å². The standard InChI is InChI=1S/C12H24N2O2S/c1-2-3-4-9-12-17(15,16)14-11-8-6-5-7-10-13/h14H,2-9,11-12H2,1H3. The van der Waals surface area contributed by atoms with Gasteiger partial charge in [0.05, 0.1) is 11.8 Å². The van der Waals surface area contributed by atoms with Gasteiger partial charge in [0.25, 0.3) is 0 Å². The number of hydrogen-bond donors (Lipinski definition) is 1. The highest BCUT2D eigenvalue weighted by molar-refractivity contribution is 7.89. The Bertz CT molecular complexity index is 307. The largest absolute Gasteiger partial charge is 0.215 e. The summed E-state index contributed by atoms with van der Waals surface area (Å²) in [4.78, 5) is 0. The number of rotatable bonds is 11. The zero-order valence-corrected chi connectivity index (χ0v) is 11.6. The zero-order valence-electron chi connectivity index (χ0n) is 10.7. The fourth-order valence-corrected chi connectivity index (χ4v) is 2.71. The van der Waals surface area contributed by atoms with Crippen molar-refractivity contribution in [1.29, 1.82) is 5.26 Å². The molecule has 0 aromatic heterocycles. The lowest BCUT2D eigenvalue weighted by atomic mass is 10.2. The highest BCUT2D eigenvalue weighted by atomic mass is 32.2. The summed E-state index contributed by atoms with van der Waals surface area (Å²) in [6, 6.07) is 2.08. The first-order valence-corrected chi connectivity index (χ1v) is 8.12. The molecule has 0 saturated heterocycles. The van der Waals surface area contributed by atoms with Gasteiger partial charge >= 0.3 is 0 Å². The minimum Gasteiger partial charge on any atom is -0.215 e. The van der Waals surface area contributed by atoms with Crippen LogP contribution in [0, 0.1) is 11.3 Å². The lowest BCUT2D eigenvalue weighted by Gasteiger charge is -2.05. The molecule has 0 aliphatic rings. The number of unbranched alkanes of at least 4 members (excludes halogenated alkanes) is 6. The normalized spacial score (nSPS) is 11.3. The first-order chi connectivity index (χ1) is 8.12. The van der Waals surface area contributed by atoms with Crippen molar-refractivity contribution in [3.8, 4) is 6.07 Å². The molecule has 100 valence electrons. The maximum Gasteiger partial charge on any atom is 0.211 e. The number of nitrogens with zero attached hydrogens (tertiary/aromatic N) is 1. The summed E-state index contributed by atoms with van der Waals surface area (Å²) in [6.07, 6.45) is 7.09. The molecule has 0 heterocycles. The van der Waals surface area contributed by atoms with Gasteiger partial charge in [0.2, 0.25) is 10.0 Å². The Balaban J connectivity index is 3.48. The molecule has 17 heavy (non-hydrogen) atoms. The first kappa shape index (κ1) is 16.4. The molecular formula is C12H24N2O2S. The third-order valence-corrected chi connectivity index (χ3v) is 4.02. The SMILES string of the molecule is CCCCCCS(=O)(=O)NCCCCCC#N. The fraction of sp³-hybridized carbons (Fsp3) is 0.917. The minimum absolute atomic E-state index is 0.241. The van der Waals surface area contributed by atoms with Gasteiger partial charge in [0.15, 0.2) is 0 Å². The van der Waals surface area contributed by atoms with E-state index in [-0.39, 0.29) is 5.75 Å². The third-order valence-electron chi connectivity index (χ3n) is 2.55. The lowest BCUT2D eigenvalue weighted by molar-refractivity contribution is 0.569. The summed E-state index contributed by atoms with van der Waals surface area (Å²) >= 11 is 0. The molecule has 0 spiro atoms. The van der Waals surface area contributed by atoms with Crippen LogP contribution < -0.4 is 4.72 Å². The molecule has 0 radical (unpaired) electrons. The van der Waals surface area contributed by atoms with Crippen LogP contribution in [0.2, 0.25) is 0 Å². The van der Waals surface area contributed by atoms with Crippen LogP contribution in [-0.4, -0.2) is 20.7 Å². The second kappa shape index (κ2) is 10.5. The number of hydrogen-bond acceptors (Lipinski definition) is 3. The zero-order chi connectivity index (χ0) is 13.0. The molecule has 0 saturated carbocycles. The van der Waals surface area contributed by atoms with Gasteiger partial charge in [0, 0.05) is 13.0 Å². The smallest absolute Gasteiger partial charge is 0.211 e. The second-order valence-electron chi connectivity index (χ2n) is 4.24. The molecule has 0 aliphatic carbocycles. The fourth-order valence-electron chi connectivity index (χ4n) is 1.52. The maximum atomic E-state index is 11.5. The Morgan fingerprint density at radius 1 is 1.06 bits per heavy atom. The number of nitrogens with one attached hydrogen (secondary N) is 1. The molecular weight excluding hydrogens is 236 g/mol. The van der Waals surface area contributed by atoms with Crippen LogP contribution in [0.3, 0.4) is 0 Å². The Kier molecular flexibility index (Phi) is 10.2. The highest BCUT2D eigenvalue weighted by Crippen LogP contribution is 2.02. The van der Waals surface area contributed by atoms with Crippen LogP contribution >= 0.6 is 0 Å². The first-order valence-electron chi connectivity index (χ1n) is 6.46. The van der Waals surface area contributed by atoms with Gasteiger partial charge < -0.3 is 0 Å². The van der Waals surface area contributed by atoms with Gasteiger partial charge in [-0.3, -0.25) is 0 Å². The maximum absolute atomic E-state index is 11.5. The quantitative estimate of drug-likeness (QED) is 0.580. The summed E-state index contributed by atoms with van der Waals surface area (Å²) in [5.74, 6) is 0.241. The van der Waals surface area contributed by atoms with E-state index < -0.39 is 10.0 Å². The van der Waals surface area contributed by atoms with Crippen molar-refractivity contribution in [2.45, 2.75) is 58.3 Å². The van der Waals surface area contributed by atoms with E-state index in [9.17, 15) is 8.42 Å². The van der Waals surface area contributed by atoms with Crippen molar-refractivity contribution in [3.05, 3.63) is 0 Å². The molecule has 0 unspecified atom stereocenters. The molecule has 0 aromatic rings. The number of nitriles is 1. The summed E-state index contributed by atoms with van der Waals surface area (Å²) in [7, 11) is -3.07. The summed E-state index contributed by atoms with van der Waals surface area (Å²) in [5, 5.41) is 8.33. The van der Waals surface area contributed by atoms with E-state index in [2.05, 4.69) is 17.7 Å². The molecule has 0 aromatic carbocycles. The van der Waals surface area contributed by atoms with Crippen LogP contribution in [0.5, 0.6) is 0 Å². The predicted octanol–water partition coefficient (Wildman–Crippen LogP) is 2.57. The number of sulfonamides is 1. The summed E-state index contributed by atoms with van der Waals surface area (Å²) in [6.45, 7) is 2.61. The topological polar surface area (TPSA) is 70.0 Å². The Labute approximate surface area is 105 Å². The van der Waals surface area contributed by atoms with Gasteiger partial charge in [0.1, 0.15) is 0 Å². The molecule has 0 aliphatic heterocycles. The van der Waals surface area contributed by atoms with Crippen molar-refractivity contribution >= 4 is 10.0 Å². The molecule has 5 heteroatoms. The van der Waals surface area contributed by atoms with Crippen molar-refractivity contribution in [2.24, 2.45) is 0 Å². The Hall–Kier alpha value is -0.600. The Morgan fingerprint density at radius 2 is 1.76 bits per heavy atom. The molecule has 0 amide bonds. The van der Waals surface area contributed by atoms with E-state index in [0.717, 1.165) is 44.9 Å². The molecule has 0 bridgehead atoms. The van der Waals surface area contributed by atoms with Crippen LogP contribution in [0.25, 0.3) is 0 Å².